The van der Waals surface area contributed by atoms with Crippen molar-refractivity contribution >= 4 is 0 Å². The van der Waals surface area contributed by atoms with Crippen molar-refractivity contribution in [1.29, 1.82) is 0 Å². The fourth-order valence-corrected chi connectivity index (χ4v) is 1.60. The van der Waals surface area contributed by atoms with Crippen LogP contribution in [0.25, 0.3) is 0 Å². The van der Waals surface area contributed by atoms with Crippen LogP contribution in [0.15, 0.2) is 42.0 Å². The van der Waals surface area contributed by atoms with Crippen LogP contribution in [0.3, 0.4) is 0 Å². The largest absolute Gasteiger partial charge is 0.396 e. The van der Waals surface area contributed by atoms with Crippen molar-refractivity contribution in [1.82, 2.24) is 0 Å². The van der Waals surface area contributed by atoms with E-state index >= 15 is 0 Å². The van der Waals surface area contributed by atoms with Crippen LogP contribution in [0.5, 0.6) is 0 Å². The average molecular weight is 220 g/mol. The second-order valence-corrected chi connectivity index (χ2v) is 4.00. The molecule has 0 amide bonds. The summed E-state index contributed by atoms with van der Waals surface area (Å²) in [7, 11) is 0. The van der Waals surface area contributed by atoms with Gasteiger partial charge in [0.2, 0.25) is 0 Å². The SMILES string of the molecule is C/C(=C\CCO)C(O)CCc1ccccc1. The third kappa shape index (κ3) is 4.60. The van der Waals surface area contributed by atoms with E-state index in [2.05, 4.69) is 12.1 Å². The number of hydrogen-bond acceptors (Lipinski definition) is 2. The first-order valence-corrected chi connectivity index (χ1v) is 5.73. The van der Waals surface area contributed by atoms with Gasteiger partial charge in [0.1, 0.15) is 0 Å². The maximum atomic E-state index is 9.86. The summed E-state index contributed by atoms with van der Waals surface area (Å²) in [5.41, 5.74) is 2.20. The van der Waals surface area contributed by atoms with Crippen molar-refractivity contribution in [3.05, 3.63) is 47.5 Å². The van der Waals surface area contributed by atoms with Gasteiger partial charge in [-0.2, -0.15) is 0 Å². The second kappa shape index (κ2) is 7.20. The lowest BCUT2D eigenvalue weighted by Gasteiger charge is -2.11. The van der Waals surface area contributed by atoms with E-state index in [0.29, 0.717) is 6.42 Å². The van der Waals surface area contributed by atoms with Crippen molar-refractivity contribution in [2.45, 2.75) is 32.3 Å². The number of rotatable bonds is 6. The predicted octanol–water partition coefficient (Wildman–Crippen LogP) is 2.31. The number of hydrogen-bond donors (Lipinski definition) is 2. The lowest BCUT2D eigenvalue weighted by atomic mass is 10.0. The molecule has 0 aromatic heterocycles. The Bertz CT molecular complexity index is 317. The molecule has 88 valence electrons. The molecule has 0 saturated heterocycles. The maximum absolute atomic E-state index is 9.86. The summed E-state index contributed by atoms with van der Waals surface area (Å²) < 4.78 is 0. The van der Waals surface area contributed by atoms with Crippen LogP contribution < -0.4 is 0 Å². The summed E-state index contributed by atoms with van der Waals surface area (Å²) in [5.74, 6) is 0. The van der Waals surface area contributed by atoms with E-state index in [-0.39, 0.29) is 6.61 Å². The van der Waals surface area contributed by atoms with Gasteiger partial charge < -0.3 is 10.2 Å². The van der Waals surface area contributed by atoms with Crippen molar-refractivity contribution in [3.8, 4) is 0 Å². The van der Waals surface area contributed by atoms with Crippen molar-refractivity contribution in [3.63, 3.8) is 0 Å². The van der Waals surface area contributed by atoms with Gasteiger partial charge in [0.25, 0.3) is 0 Å². The predicted molar refractivity (Wildman–Crippen MR) is 66.2 cm³/mol. The van der Waals surface area contributed by atoms with Gasteiger partial charge in [0.05, 0.1) is 6.10 Å². The standard InChI is InChI=1S/C14H20O2/c1-12(6-5-11-15)14(16)10-9-13-7-3-2-4-8-13/h2-4,6-8,14-16H,5,9-11H2,1H3/b12-6+. The van der Waals surface area contributed by atoms with Gasteiger partial charge in [-0.25, -0.2) is 0 Å². The number of aliphatic hydroxyl groups excluding tert-OH is 2. The molecule has 0 saturated carbocycles. The van der Waals surface area contributed by atoms with Crippen LogP contribution in [0.4, 0.5) is 0 Å². The Balaban J connectivity index is 2.38. The molecule has 2 nitrogen and oxygen atoms in total. The van der Waals surface area contributed by atoms with E-state index in [0.717, 1.165) is 18.4 Å². The number of aryl methyl sites for hydroxylation is 1. The molecule has 0 fully saturated rings. The molecule has 1 unspecified atom stereocenters. The molecule has 16 heavy (non-hydrogen) atoms. The molecule has 1 aromatic rings. The fourth-order valence-electron chi connectivity index (χ4n) is 1.60. The van der Waals surface area contributed by atoms with E-state index in [1.165, 1.54) is 5.56 Å². The minimum Gasteiger partial charge on any atom is -0.396 e. The van der Waals surface area contributed by atoms with Crippen LogP contribution in [-0.2, 0) is 6.42 Å². The molecule has 0 aliphatic carbocycles. The van der Waals surface area contributed by atoms with Gasteiger partial charge in [0.15, 0.2) is 0 Å². The third-order valence-electron chi connectivity index (χ3n) is 2.67. The third-order valence-corrected chi connectivity index (χ3v) is 2.67. The molecule has 0 aliphatic heterocycles. The van der Waals surface area contributed by atoms with Gasteiger partial charge >= 0.3 is 0 Å². The normalized spacial score (nSPS) is 13.8. The Kier molecular flexibility index (Phi) is 5.83. The molecule has 0 radical (unpaired) electrons. The second-order valence-electron chi connectivity index (χ2n) is 4.00. The summed E-state index contributed by atoms with van der Waals surface area (Å²) >= 11 is 0. The summed E-state index contributed by atoms with van der Waals surface area (Å²) in [6.07, 6.45) is 3.74. The molecule has 1 atom stereocenters. The van der Waals surface area contributed by atoms with Crippen LogP contribution in [0, 0.1) is 0 Å². The Morgan fingerprint density at radius 2 is 2.00 bits per heavy atom. The summed E-state index contributed by atoms with van der Waals surface area (Å²) in [6.45, 7) is 2.05. The minimum absolute atomic E-state index is 0.142. The first-order chi connectivity index (χ1) is 7.74. The molecule has 0 aliphatic rings. The van der Waals surface area contributed by atoms with E-state index in [9.17, 15) is 5.11 Å². The maximum Gasteiger partial charge on any atom is 0.0750 e. The van der Waals surface area contributed by atoms with E-state index < -0.39 is 6.10 Å². The van der Waals surface area contributed by atoms with Crippen LogP contribution in [0.1, 0.15) is 25.3 Å². The Morgan fingerprint density at radius 1 is 1.31 bits per heavy atom. The molecule has 2 N–H and O–H groups in total. The molecule has 0 spiro atoms. The zero-order chi connectivity index (χ0) is 11.8. The molecule has 1 aromatic carbocycles. The van der Waals surface area contributed by atoms with Crippen molar-refractivity contribution < 1.29 is 10.2 Å². The highest BCUT2D eigenvalue weighted by molar-refractivity contribution is 5.15. The minimum atomic E-state index is -0.397. The van der Waals surface area contributed by atoms with E-state index in [4.69, 9.17) is 5.11 Å². The zero-order valence-electron chi connectivity index (χ0n) is 9.76. The Labute approximate surface area is 97.2 Å². The smallest absolute Gasteiger partial charge is 0.0750 e. The number of aliphatic hydroxyl groups is 2. The number of benzene rings is 1. The van der Waals surface area contributed by atoms with Gasteiger partial charge in [0, 0.05) is 6.61 Å². The van der Waals surface area contributed by atoms with Gasteiger partial charge in [-0.05, 0) is 37.3 Å². The molecule has 0 bridgehead atoms. The quantitative estimate of drug-likeness (QED) is 0.722. The van der Waals surface area contributed by atoms with Gasteiger partial charge in [-0.1, -0.05) is 36.4 Å². The van der Waals surface area contributed by atoms with Crippen LogP contribution in [0.2, 0.25) is 0 Å². The Hall–Kier alpha value is -1.12. The van der Waals surface area contributed by atoms with E-state index in [1.807, 2.05) is 31.2 Å². The lowest BCUT2D eigenvalue weighted by Crippen LogP contribution is -2.09. The summed E-state index contributed by atoms with van der Waals surface area (Å²) in [6, 6.07) is 10.2. The topological polar surface area (TPSA) is 40.5 Å². The first kappa shape index (κ1) is 12.9. The molecular weight excluding hydrogens is 200 g/mol. The zero-order valence-corrected chi connectivity index (χ0v) is 9.76. The highest BCUT2D eigenvalue weighted by Crippen LogP contribution is 2.11. The average Bonchev–Trinajstić information content (AvgIpc) is 2.34. The highest BCUT2D eigenvalue weighted by atomic mass is 16.3. The van der Waals surface area contributed by atoms with Gasteiger partial charge in [-0.3, -0.25) is 0 Å². The highest BCUT2D eigenvalue weighted by Gasteiger charge is 2.05. The lowest BCUT2D eigenvalue weighted by molar-refractivity contribution is 0.200. The summed E-state index contributed by atoms with van der Waals surface area (Å²) in [4.78, 5) is 0. The van der Waals surface area contributed by atoms with Crippen LogP contribution in [-0.4, -0.2) is 22.9 Å². The van der Waals surface area contributed by atoms with E-state index in [1.54, 1.807) is 0 Å². The van der Waals surface area contributed by atoms with Gasteiger partial charge in [-0.15, -0.1) is 0 Å². The fraction of sp³-hybridized carbons (Fsp3) is 0.429. The first-order valence-electron chi connectivity index (χ1n) is 5.73. The van der Waals surface area contributed by atoms with Crippen LogP contribution >= 0.6 is 0 Å². The summed E-state index contributed by atoms with van der Waals surface area (Å²) in [5, 5.41) is 18.5. The molecule has 2 heteroatoms. The molecule has 1 rings (SSSR count). The molecular formula is C14H20O2. The Morgan fingerprint density at radius 3 is 2.62 bits per heavy atom. The van der Waals surface area contributed by atoms with Crippen molar-refractivity contribution in [2.75, 3.05) is 6.61 Å². The molecule has 0 heterocycles. The monoisotopic (exact) mass is 220 g/mol. The van der Waals surface area contributed by atoms with Crippen molar-refractivity contribution in [2.24, 2.45) is 0 Å².